The molecule has 4 heteroatoms. The number of carbonyl (C=O) groups is 1. The summed E-state index contributed by atoms with van der Waals surface area (Å²) in [5.74, 6) is 1.17. The Labute approximate surface area is 260 Å². The lowest BCUT2D eigenvalue weighted by atomic mass is 9.87. The second-order valence-electron chi connectivity index (χ2n) is 12.0. The molecule has 0 spiro atoms. The molecule has 3 nitrogen and oxygen atoms in total. The highest BCUT2D eigenvalue weighted by Crippen LogP contribution is 2.38. The lowest BCUT2D eigenvalue weighted by molar-refractivity contribution is -0.106. The predicted molar refractivity (Wildman–Crippen MR) is 187 cm³/mol. The first-order valence-electron chi connectivity index (χ1n) is 15.3. The number of aldehydes is 1. The van der Waals surface area contributed by atoms with Crippen molar-refractivity contribution in [2.24, 2.45) is 10.4 Å². The lowest BCUT2D eigenvalue weighted by Crippen LogP contribution is -2.06. The van der Waals surface area contributed by atoms with Crippen LogP contribution in [0.4, 0.5) is 0 Å². The quantitative estimate of drug-likeness (QED) is 0.166. The van der Waals surface area contributed by atoms with E-state index in [1.165, 1.54) is 60.7 Å². The first-order valence-corrected chi connectivity index (χ1v) is 16.2. The molecule has 0 bridgehead atoms. The molecule has 0 radical (unpaired) electrons. The Morgan fingerprint density at radius 2 is 1.71 bits per heavy atom. The molecule has 42 heavy (non-hydrogen) atoms. The zero-order valence-corrected chi connectivity index (χ0v) is 28.4. The summed E-state index contributed by atoms with van der Waals surface area (Å²) in [6, 6.07) is 19.1. The molecule has 0 N–H and O–H groups in total. The van der Waals surface area contributed by atoms with Gasteiger partial charge >= 0.3 is 0 Å². The monoisotopic (exact) mass is 586 g/mol. The molecule has 1 heterocycles. The fraction of sp³-hybridized carbons (Fsp3) is 0.447. The van der Waals surface area contributed by atoms with Crippen molar-refractivity contribution < 1.29 is 4.79 Å². The van der Waals surface area contributed by atoms with Gasteiger partial charge in [0.2, 0.25) is 0 Å². The molecular formula is C38H54N2OS. The van der Waals surface area contributed by atoms with Crippen LogP contribution in [0.25, 0.3) is 11.3 Å². The molecule has 1 aromatic heterocycles. The zero-order valence-electron chi connectivity index (χ0n) is 27.6. The van der Waals surface area contributed by atoms with E-state index in [4.69, 9.17) is 9.78 Å². The molecule has 0 aliphatic heterocycles. The van der Waals surface area contributed by atoms with Crippen LogP contribution in [-0.2, 0) is 4.79 Å². The fourth-order valence-electron chi connectivity index (χ4n) is 4.56. The number of rotatable bonds is 11. The number of aliphatic imine (C=N–C) groups is 1. The van der Waals surface area contributed by atoms with E-state index in [-0.39, 0.29) is 0 Å². The van der Waals surface area contributed by atoms with Crippen LogP contribution in [0, 0.1) is 12.3 Å². The molecule has 3 aromatic rings. The number of nitrogens with zero attached hydrogens (tertiary/aromatic N) is 2. The Hall–Kier alpha value is -3.11. The van der Waals surface area contributed by atoms with Crippen LogP contribution in [0.2, 0.25) is 0 Å². The van der Waals surface area contributed by atoms with E-state index >= 15 is 0 Å². The van der Waals surface area contributed by atoms with Gasteiger partial charge in [-0.05, 0) is 69.1 Å². The van der Waals surface area contributed by atoms with Crippen LogP contribution >= 0.6 is 11.3 Å². The van der Waals surface area contributed by atoms with Crippen LogP contribution in [0.1, 0.15) is 120 Å². The first-order chi connectivity index (χ1) is 20.0. The lowest BCUT2D eigenvalue weighted by Gasteiger charge is -2.20. The smallest absolute Gasteiger partial charge is 0.116 e. The van der Waals surface area contributed by atoms with Gasteiger partial charge in [0.15, 0.2) is 0 Å². The van der Waals surface area contributed by atoms with E-state index in [9.17, 15) is 0 Å². The molecule has 0 aliphatic carbocycles. The van der Waals surface area contributed by atoms with Crippen molar-refractivity contribution in [3.63, 3.8) is 0 Å². The van der Waals surface area contributed by atoms with Gasteiger partial charge in [0.1, 0.15) is 6.29 Å². The molecule has 3 rings (SSSR count). The average Bonchev–Trinajstić information content (AvgIpc) is 3.38. The van der Waals surface area contributed by atoms with E-state index in [0.29, 0.717) is 17.3 Å². The van der Waals surface area contributed by atoms with Crippen LogP contribution in [-0.4, -0.2) is 17.0 Å². The molecule has 2 aromatic carbocycles. The van der Waals surface area contributed by atoms with E-state index < -0.39 is 0 Å². The Balaban J connectivity index is 0.000000611. The number of thiazole rings is 1. The van der Waals surface area contributed by atoms with Crippen molar-refractivity contribution in [3.05, 3.63) is 101 Å². The summed E-state index contributed by atoms with van der Waals surface area (Å²) in [5, 5.41) is 1.25. The van der Waals surface area contributed by atoms with E-state index in [0.717, 1.165) is 22.6 Å². The number of allylic oxidation sites excluding steroid dienone is 2. The number of hydrogen-bond acceptors (Lipinski definition) is 4. The van der Waals surface area contributed by atoms with Gasteiger partial charge in [0.05, 0.1) is 21.3 Å². The maximum atomic E-state index is 8.81. The largest absolute Gasteiger partial charge is 0.304 e. The summed E-state index contributed by atoms with van der Waals surface area (Å²) in [7, 11) is 0. The highest BCUT2D eigenvalue weighted by Gasteiger charge is 2.22. The van der Waals surface area contributed by atoms with Crippen LogP contribution in [0.15, 0.2) is 84.5 Å². The van der Waals surface area contributed by atoms with Gasteiger partial charge in [-0.3, -0.25) is 4.99 Å². The van der Waals surface area contributed by atoms with E-state index in [1.54, 1.807) is 6.20 Å². The van der Waals surface area contributed by atoms with Crippen molar-refractivity contribution in [2.45, 2.75) is 106 Å². The minimum atomic E-state index is 0.382. The standard InChI is InChI=1S/C27H38N2S.C9H12.C2H4O/c1-8-13-21(17-12-18-27(5,6)7)26-29-24(22-16-11-15-20(4)19-22)25(30-26)23(14-9-2)28-10-3;1-8(2)9-6-4-3-5-7-9;1-2-3/h9-11,14-16,19,21H,3,8,12-13,17-18H2,1-2,4-7H3;3-8H,1-2H3;2H,1H3/b14-9-,28-23?;;. The molecule has 0 saturated carbocycles. The molecule has 0 fully saturated rings. The van der Waals surface area contributed by atoms with Gasteiger partial charge in [0.25, 0.3) is 0 Å². The van der Waals surface area contributed by atoms with Gasteiger partial charge in [-0.15, -0.1) is 11.3 Å². The first kappa shape index (κ1) is 36.9. The van der Waals surface area contributed by atoms with Crippen molar-refractivity contribution in [1.82, 2.24) is 4.98 Å². The average molecular weight is 587 g/mol. The third-order valence-electron chi connectivity index (χ3n) is 6.65. The van der Waals surface area contributed by atoms with Crippen LogP contribution in [0.3, 0.4) is 0 Å². The molecular weight excluding hydrogens is 532 g/mol. The fourth-order valence-corrected chi connectivity index (χ4v) is 5.80. The highest BCUT2D eigenvalue weighted by molar-refractivity contribution is 7.14. The van der Waals surface area contributed by atoms with Crippen LogP contribution < -0.4 is 0 Å². The van der Waals surface area contributed by atoms with Crippen LogP contribution in [0.5, 0.6) is 0 Å². The number of carbonyl (C=O) groups excluding carboxylic acids is 1. The van der Waals surface area contributed by atoms with Gasteiger partial charge in [-0.25, -0.2) is 4.98 Å². The minimum absolute atomic E-state index is 0.382. The number of benzene rings is 2. The maximum Gasteiger partial charge on any atom is 0.116 e. The van der Waals surface area contributed by atoms with Gasteiger partial charge in [-0.2, -0.15) is 0 Å². The summed E-state index contributed by atoms with van der Waals surface area (Å²) in [6.07, 6.45) is 12.5. The molecule has 0 aliphatic rings. The number of hydrogen-bond donors (Lipinski definition) is 0. The normalized spacial score (nSPS) is 12.3. The Morgan fingerprint density at radius 3 is 2.21 bits per heavy atom. The summed E-state index contributed by atoms with van der Waals surface area (Å²) >= 11 is 1.81. The Morgan fingerprint density at radius 1 is 1.05 bits per heavy atom. The highest BCUT2D eigenvalue weighted by atomic mass is 32.1. The predicted octanol–water partition coefficient (Wildman–Crippen LogP) is 11.7. The summed E-state index contributed by atoms with van der Waals surface area (Å²) in [4.78, 5) is 19.7. The molecule has 0 amide bonds. The SMILES string of the molecule is C=CN=C(/C=C\C)c1sc(C(CCC)CCCC(C)(C)C)nc1-c1cccc(C)c1.CC(C)c1ccccc1.CC=O. The summed E-state index contributed by atoms with van der Waals surface area (Å²) < 4.78 is 0. The zero-order chi connectivity index (χ0) is 31.5. The molecule has 1 atom stereocenters. The van der Waals surface area contributed by atoms with Gasteiger partial charge < -0.3 is 4.79 Å². The second-order valence-corrected chi connectivity index (χ2v) is 13.1. The van der Waals surface area contributed by atoms with Crippen molar-refractivity contribution in [2.75, 3.05) is 0 Å². The Bertz CT molecular complexity index is 1250. The van der Waals surface area contributed by atoms with Gasteiger partial charge in [0, 0.05) is 17.7 Å². The molecule has 228 valence electrons. The maximum absolute atomic E-state index is 8.81. The van der Waals surface area contributed by atoms with Crippen molar-refractivity contribution in [1.29, 1.82) is 0 Å². The van der Waals surface area contributed by atoms with Crippen molar-refractivity contribution in [3.8, 4) is 11.3 Å². The van der Waals surface area contributed by atoms with Crippen molar-refractivity contribution >= 4 is 23.3 Å². The molecule has 0 saturated heterocycles. The second kappa shape index (κ2) is 19.9. The number of aromatic nitrogens is 1. The third kappa shape index (κ3) is 13.7. The topological polar surface area (TPSA) is 42.3 Å². The van der Waals surface area contributed by atoms with Gasteiger partial charge in [-0.1, -0.05) is 121 Å². The summed E-state index contributed by atoms with van der Waals surface area (Å²) in [5.41, 5.74) is 6.20. The van der Waals surface area contributed by atoms with E-state index in [1.807, 2.05) is 30.4 Å². The minimum Gasteiger partial charge on any atom is -0.304 e. The molecule has 1 unspecified atom stereocenters. The summed E-state index contributed by atoms with van der Waals surface area (Å²) in [6.45, 7) is 23.1. The number of aryl methyl sites for hydroxylation is 1. The van der Waals surface area contributed by atoms with E-state index in [2.05, 4.69) is 115 Å². The third-order valence-corrected chi connectivity index (χ3v) is 7.90. The Kier molecular flexibility index (Phi) is 17.5.